The van der Waals surface area contributed by atoms with Crippen molar-refractivity contribution < 1.29 is 19.0 Å². The predicted octanol–water partition coefficient (Wildman–Crippen LogP) is 3.64. The number of aryl methyl sites for hydroxylation is 1. The molecule has 5 nitrogen and oxygen atoms in total. The van der Waals surface area contributed by atoms with E-state index in [2.05, 4.69) is 17.4 Å². The van der Waals surface area contributed by atoms with Crippen LogP contribution in [0.4, 0.5) is 0 Å². The van der Waals surface area contributed by atoms with E-state index >= 15 is 0 Å². The van der Waals surface area contributed by atoms with Crippen LogP contribution in [0.25, 0.3) is 0 Å². The third-order valence-electron chi connectivity index (χ3n) is 5.36. The van der Waals surface area contributed by atoms with Crippen molar-refractivity contribution in [1.82, 2.24) is 5.32 Å². The van der Waals surface area contributed by atoms with Crippen molar-refractivity contribution in [2.24, 2.45) is 0 Å². The number of methoxy groups -OCH3 is 1. The predicted molar refractivity (Wildman–Crippen MR) is 109 cm³/mol. The molecule has 0 unspecified atom stereocenters. The quantitative estimate of drug-likeness (QED) is 0.756. The average Bonchev–Trinajstić information content (AvgIpc) is 2.73. The summed E-state index contributed by atoms with van der Waals surface area (Å²) in [5.41, 5.74) is 2.26. The molecule has 150 valence electrons. The van der Waals surface area contributed by atoms with Crippen LogP contribution in [-0.4, -0.2) is 39.4 Å². The second-order valence-electron chi connectivity index (χ2n) is 7.31. The van der Waals surface area contributed by atoms with Gasteiger partial charge in [-0.25, -0.2) is 0 Å². The highest BCUT2D eigenvalue weighted by Crippen LogP contribution is 2.35. The molecule has 0 saturated carbocycles. The Kier molecular flexibility index (Phi) is 6.93. The Morgan fingerprint density at radius 1 is 1.11 bits per heavy atom. The molecule has 1 heterocycles. The van der Waals surface area contributed by atoms with Gasteiger partial charge in [0.2, 0.25) is 5.91 Å². The van der Waals surface area contributed by atoms with Crippen LogP contribution >= 0.6 is 0 Å². The summed E-state index contributed by atoms with van der Waals surface area (Å²) in [6.45, 7) is 4.41. The summed E-state index contributed by atoms with van der Waals surface area (Å²) in [5, 5.41) is 3.11. The largest absolute Gasteiger partial charge is 0.497 e. The molecular formula is C23H29NO4. The molecule has 2 aromatic rings. The molecule has 2 aromatic carbocycles. The zero-order chi connectivity index (χ0) is 19.8. The summed E-state index contributed by atoms with van der Waals surface area (Å²) in [4.78, 5) is 12.4. The van der Waals surface area contributed by atoms with Gasteiger partial charge in [-0.05, 0) is 55.2 Å². The summed E-state index contributed by atoms with van der Waals surface area (Å²) in [5.74, 6) is 1.64. The minimum absolute atomic E-state index is 0.00651. The molecule has 0 bridgehead atoms. The number of amides is 1. The van der Waals surface area contributed by atoms with Crippen LogP contribution in [0.5, 0.6) is 11.5 Å². The Morgan fingerprint density at radius 2 is 1.86 bits per heavy atom. The van der Waals surface area contributed by atoms with Crippen molar-refractivity contribution in [2.75, 3.05) is 33.5 Å². The second kappa shape index (κ2) is 9.60. The fraction of sp³-hybridized carbons (Fsp3) is 0.435. The van der Waals surface area contributed by atoms with Gasteiger partial charge in [-0.1, -0.05) is 24.3 Å². The third-order valence-corrected chi connectivity index (χ3v) is 5.36. The first-order valence-corrected chi connectivity index (χ1v) is 9.80. The Labute approximate surface area is 167 Å². The van der Waals surface area contributed by atoms with Crippen molar-refractivity contribution in [1.29, 1.82) is 0 Å². The van der Waals surface area contributed by atoms with Crippen molar-refractivity contribution >= 4 is 5.91 Å². The normalized spacial score (nSPS) is 15.6. The number of benzene rings is 2. The Balaban J connectivity index is 1.55. The number of carbonyl (C=O) groups excluding carboxylic acids is 1. The maximum Gasteiger partial charge on any atom is 0.223 e. The first-order valence-electron chi connectivity index (χ1n) is 9.80. The van der Waals surface area contributed by atoms with Crippen molar-refractivity contribution in [3.8, 4) is 11.5 Å². The number of rotatable bonds is 8. The zero-order valence-electron chi connectivity index (χ0n) is 16.7. The lowest BCUT2D eigenvalue weighted by Gasteiger charge is -2.38. The molecule has 1 aliphatic rings. The van der Waals surface area contributed by atoms with Crippen LogP contribution in [0.2, 0.25) is 0 Å². The standard InChI is InChI=1S/C23H29NO4/c1-18-4-3-5-21(16-18)28-13-10-22(25)24-17-23(11-14-27-15-12-23)19-6-8-20(26-2)9-7-19/h3-9,16H,10-15,17H2,1-2H3,(H,24,25). The van der Waals surface area contributed by atoms with Crippen molar-refractivity contribution in [3.05, 3.63) is 59.7 Å². The summed E-state index contributed by atoms with van der Waals surface area (Å²) < 4.78 is 16.5. The summed E-state index contributed by atoms with van der Waals surface area (Å²) in [6.07, 6.45) is 2.11. The molecule has 1 saturated heterocycles. The molecule has 1 fully saturated rings. The van der Waals surface area contributed by atoms with Crippen LogP contribution in [0.15, 0.2) is 48.5 Å². The second-order valence-corrected chi connectivity index (χ2v) is 7.31. The van der Waals surface area contributed by atoms with E-state index in [-0.39, 0.29) is 11.3 Å². The van der Waals surface area contributed by atoms with Crippen LogP contribution in [0.1, 0.15) is 30.4 Å². The smallest absolute Gasteiger partial charge is 0.223 e. The highest BCUT2D eigenvalue weighted by atomic mass is 16.5. The Bertz CT molecular complexity index is 766. The summed E-state index contributed by atoms with van der Waals surface area (Å²) in [6, 6.07) is 16.0. The summed E-state index contributed by atoms with van der Waals surface area (Å²) >= 11 is 0. The third kappa shape index (κ3) is 5.26. The molecule has 1 N–H and O–H groups in total. The highest BCUT2D eigenvalue weighted by Gasteiger charge is 2.34. The van der Waals surface area contributed by atoms with Crippen LogP contribution in [-0.2, 0) is 14.9 Å². The number of hydrogen-bond acceptors (Lipinski definition) is 4. The number of carbonyl (C=O) groups is 1. The highest BCUT2D eigenvalue weighted by molar-refractivity contribution is 5.76. The lowest BCUT2D eigenvalue weighted by molar-refractivity contribution is -0.122. The molecule has 1 amide bonds. The van der Waals surface area contributed by atoms with Crippen LogP contribution in [0, 0.1) is 6.92 Å². The molecule has 28 heavy (non-hydrogen) atoms. The van der Waals surface area contributed by atoms with E-state index in [0.717, 1.165) is 29.9 Å². The van der Waals surface area contributed by atoms with Gasteiger partial charge in [0.1, 0.15) is 11.5 Å². The van der Waals surface area contributed by atoms with E-state index in [0.29, 0.717) is 32.8 Å². The van der Waals surface area contributed by atoms with Gasteiger partial charge in [-0.3, -0.25) is 4.79 Å². The minimum atomic E-state index is -0.0996. The van der Waals surface area contributed by atoms with Gasteiger partial charge < -0.3 is 19.5 Å². The van der Waals surface area contributed by atoms with Crippen molar-refractivity contribution in [3.63, 3.8) is 0 Å². The molecule has 0 atom stereocenters. The summed E-state index contributed by atoms with van der Waals surface area (Å²) in [7, 11) is 1.66. The fourth-order valence-corrected chi connectivity index (χ4v) is 3.60. The van der Waals surface area contributed by atoms with Gasteiger partial charge in [0.05, 0.1) is 20.1 Å². The van der Waals surface area contributed by atoms with E-state index in [1.165, 1.54) is 5.56 Å². The van der Waals surface area contributed by atoms with E-state index in [4.69, 9.17) is 14.2 Å². The number of nitrogens with one attached hydrogen (secondary N) is 1. The first-order chi connectivity index (χ1) is 13.6. The maximum absolute atomic E-state index is 12.4. The zero-order valence-corrected chi connectivity index (χ0v) is 16.7. The van der Waals surface area contributed by atoms with Gasteiger partial charge in [0, 0.05) is 25.2 Å². The van der Waals surface area contributed by atoms with Gasteiger partial charge in [0.25, 0.3) is 0 Å². The van der Waals surface area contributed by atoms with E-state index in [1.807, 2.05) is 43.3 Å². The average molecular weight is 383 g/mol. The fourth-order valence-electron chi connectivity index (χ4n) is 3.60. The Morgan fingerprint density at radius 3 is 2.54 bits per heavy atom. The molecule has 0 radical (unpaired) electrons. The molecule has 1 aliphatic heterocycles. The van der Waals surface area contributed by atoms with E-state index in [1.54, 1.807) is 7.11 Å². The van der Waals surface area contributed by atoms with Crippen molar-refractivity contribution in [2.45, 2.75) is 31.6 Å². The molecule has 5 heteroatoms. The molecule has 0 spiro atoms. The molecular weight excluding hydrogens is 354 g/mol. The van der Waals surface area contributed by atoms with Gasteiger partial charge in [-0.2, -0.15) is 0 Å². The van der Waals surface area contributed by atoms with Crippen LogP contribution < -0.4 is 14.8 Å². The van der Waals surface area contributed by atoms with Crippen LogP contribution in [0.3, 0.4) is 0 Å². The topological polar surface area (TPSA) is 56.8 Å². The van der Waals surface area contributed by atoms with E-state index in [9.17, 15) is 4.79 Å². The minimum Gasteiger partial charge on any atom is -0.497 e. The molecule has 0 aromatic heterocycles. The number of ether oxygens (including phenoxy) is 3. The van der Waals surface area contributed by atoms with E-state index < -0.39 is 0 Å². The Hall–Kier alpha value is -2.53. The lowest BCUT2D eigenvalue weighted by atomic mass is 9.74. The van der Waals surface area contributed by atoms with Gasteiger partial charge in [0.15, 0.2) is 0 Å². The molecule has 0 aliphatic carbocycles. The van der Waals surface area contributed by atoms with Gasteiger partial charge in [-0.15, -0.1) is 0 Å². The SMILES string of the molecule is COc1ccc(C2(CNC(=O)CCOc3cccc(C)c3)CCOCC2)cc1. The first kappa shape index (κ1) is 20.2. The number of hydrogen-bond donors (Lipinski definition) is 1. The maximum atomic E-state index is 12.4. The lowest BCUT2D eigenvalue weighted by Crippen LogP contribution is -2.44. The molecule has 3 rings (SSSR count). The monoisotopic (exact) mass is 383 g/mol. The van der Waals surface area contributed by atoms with Gasteiger partial charge >= 0.3 is 0 Å².